The summed E-state index contributed by atoms with van der Waals surface area (Å²) in [5, 5.41) is 7.61. The van der Waals surface area contributed by atoms with Crippen LogP contribution in [0.25, 0.3) is 11.5 Å². The standard InChI is InChI=1S/C25H24N4O3S/c30-24(26-15-19-8-9-22-23(14-19)32-18-31-22)10-13-33-17-20-16-27-29(21-6-2-1-3-7-21)25(20)28-11-4-5-12-28/h1-9,11-12,14,16H,10,13,15,17-18H2,(H,26,30). The summed E-state index contributed by atoms with van der Waals surface area (Å²) in [6.07, 6.45) is 6.42. The minimum absolute atomic E-state index is 0.0331. The highest BCUT2D eigenvalue weighted by Gasteiger charge is 2.15. The number of para-hydroxylation sites is 1. The van der Waals surface area contributed by atoms with E-state index >= 15 is 0 Å². The zero-order chi connectivity index (χ0) is 22.5. The Balaban J connectivity index is 1.15. The van der Waals surface area contributed by atoms with E-state index in [0.717, 1.165) is 45.6 Å². The number of benzene rings is 2. The lowest BCUT2D eigenvalue weighted by Gasteiger charge is -2.11. The van der Waals surface area contributed by atoms with Gasteiger partial charge in [-0.1, -0.05) is 24.3 Å². The van der Waals surface area contributed by atoms with Gasteiger partial charge in [0.1, 0.15) is 5.82 Å². The molecule has 7 nitrogen and oxygen atoms in total. The molecule has 3 heterocycles. The topological polar surface area (TPSA) is 70.3 Å². The van der Waals surface area contributed by atoms with E-state index in [1.165, 1.54) is 0 Å². The van der Waals surface area contributed by atoms with E-state index in [4.69, 9.17) is 9.47 Å². The van der Waals surface area contributed by atoms with Gasteiger partial charge in [-0.05, 0) is 42.0 Å². The number of fused-ring (bicyclic) bond motifs is 1. The summed E-state index contributed by atoms with van der Waals surface area (Å²) in [6, 6.07) is 19.8. The van der Waals surface area contributed by atoms with Crippen molar-refractivity contribution in [3.8, 4) is 23.0 Å². The molecule has 1 aliphatic rings. The molecule has 0 saturated heterocycles. The van der Waals surface area contributed by atoms with Crippen molar-refractivity contribution in [2.24, 2.45) is 0 Å². The first kappa shape index (κ1) is 21.2. The average Bonchev–Trinajstić information content (AvgIpc) is 3.61. The number of hydrogen-bond acceptors (Lipinski definition) is 5. The van der Waals surface area contributed by atoms with Crippen LogP contribution in [0.4, 0.5) is 0 Å². The predicted molar refractivity (Wildman–Crippen MR) is 128 cm³/mol. The summed E-state index contributed by atoms with van der Waals surface area (Å²) in [5.41, 5.74) is 3.13. The third kappa shape index (κ3) is 4.90. The fourth-order valence-corrected chi connectivity index (χ4v) is 4.57. The first-order valence-corrected chi connectivity index (χ1v) is 11.9. The van der Waals surface area contributed by atoms with Crippen LogP contribution in [-0.2, 0) is 17.1 Å². The molecule has 0 radical (unpaired) electrons. The van der Waals surface area contributed by atoms with Gasteiger partial charge in [-0.25, -0.2) is 4.68 Å². The molecule has 0 aliphatic carbocycles. The molecular weight excluding hydrogens is 436 g/mol. The number of nitrogens with zero attached hydrogens (tertiary/aromatic N) is 3. The third-order valence-electron chi connectivity index (χ3n) is 5.32. The van der Waals surface area contributed by atoms with Gasteiger partial charge in [-0.15, -0.1) is 0 Å². The molecule has 0 fully saturated rings. The summed E-state index contributed by atoms with van der Waals surface area (Å²) in [7, 11) is 0. The molecule has 0 unspecified atom stereocenters. The Morgan fingerprint density at radius 2 is 1.85 bits per heavy atom. The Morgan fingerprint density at radius 1 is 1.03 bits per heavy atom. The highest BCUT2D eigenvalue weighted by atomic mass is 32.2. The molecule has 1 amide bonds. The Bertz CT molecular complexity index is 1220. The van der Waals surface area contributed by atoms with Crippen LogP contribution in [0, 0.1) is 0 Å². The molecule has 4 aromatic rings. The second-order valence-electron chi connectivity index (χ2n) is 7.60. The monoisotopic (exact) mass is 460 g/mol. The van der Waals surface area contributed by atoms with Crippen molar-refractivity contribution in [3.63, 3.8) is 0 Å². The van der Waals surface area contributed by atoms with Gasteiger partial charge >= 0.3 is 0 Å². The molecule has 0 bridgehead atoms. The fourth-order valence-electron chi connectivity index (χ4n) is 3.67. The lowest BCUT2D eigenvalue weighted by Crippen LogP contribution is -2.23. The Hall–Kier alpha value is -3.65. The molecule has 0 spiro atoms. The Kier molecular flexibility index (Phi) is 6.34. The van der Waals surface area contributed by atoms with Crippen LogP contribution in [0.15, 0.2) is 79.3 Å². The smallest absolute Gasteiger partial charge is 0.231 e. The van der Waals surface area contributed by atoms with Gasteiger partial charge in [0.05, 0.1) is 11.9 Å². The largest absolute Gasteiger partial charge is 0.454 e. The Labute approximate surface area is 196 Å². The fraction of sp³-hybridized carbons (Fsp3) is 0.200. The van der Waals surface area contributed by atoms with Crippen molar-refractivity contribution in [2.45, 2.75) is 18.7 Å². The maximum atomic E-state index is 12.3. The molecule has 33 heavy (non-hydrogen) atoms. The number of amides is 1. The van der Waals surface area contributed by atoms with Crippen molar-refractivity contribution < 1.29 is 14.3 Å². The van der Waals surface area contributed by atoms with E-state index in [1.807, 2.05) is 83.9 Å². The molecule has 8 heteroatoms. The van der Waals surface area contributed by atoms with Crippen LogP contribution in [0.2, 0.25) is 0 Å². The number of carbonyl (C=O) groups excluding carboxylic acids is 1. The molecule has 168 valence electrons. The summed E-state index contributed by atoms with van der Waals surface area (Å²) >= 11 is 1.73. The van der Waals surface area contributed by atoms with Crippen LogP contribution in [0.1, 0.15) is 17.5 Å². The van der Waals surface area contributed by atoms with E-state index in [-0.39, 0.29) is 12.7 Å². The normalized spacial score (nSPS) is 12.1. The summed E-state index contributed by atoms with van der Waals surface area (Å²) in [5.74, 6) is 4.03. The zero-order valence-electron chi connectivity index (χ0n) is 18.0. The van der Waals surface area contributed by atoms with Gasteiger partial charge < -0.3 is 19.4 Å². The number of carbonyl (C=O) groups is 1. The lowest BCUT2D eigenvalue weighted by atomic mass is 10.2. The zero-order valence-corrected chi connectivity index (χ0v) is 18.8. The number of aromatic nitrogens is 3. The minimum Gasteiger partial charge on any atom is -0.454 e. The minimum atomic E-state index is 0.0331. The number of thioether (sulfide) groups is 1. The van der Waals surface area contributed by atoms with E-state index < -0.39 is 0 Å². The number of rotatable bonds is 9. The highest BCUT2D eigenvalue weighted by molar-refractivity contribution is 7.98. The molecular formula is C25H24N4O3S. The first-order valence-electron chi connectivity index (χ1n) is 10.8. The number of ether oxygens (including phenoxy) is 2. The molecule has 2 aromatic carbocycles. The van der Waals surface area contributed by atoms with Gasteiger partial charge in [0.15, 0.2) is 11.5 Å². The van der Waals surface area contributed by atoms with Crippen LogP contribution in [-0.4, -0.2) is 32.8 Å². The van der Waals surface area contributed by atoms with Crippen molar-refractivity contribution in [2.75, 3.05) is 12.5 Å². The van der Waals surface area contributed by atoms with Crippen molar-refractivity contribution in [3.05, 3.63) is 90.4 Å². The summed E-state index contributed by atoms with van der Waals surface area (Å²) in [6.45, 7) is 0.723. The lowest BCUT2D eigenvalue weighted by molar-refractivity contribution is -0.120. The van der Waals surface area contributed by atoms with Crippen molar-refractivity contribution >= 4 is 17.7 Å². The van der Waals surface area contributed by atoms with Gasteiger partial charge in [0.25, 0.3) is 0 Å². The molecule has 1 N–H and O–H groups in total. The van der Waals surface area contributed by atoms with Gasteiger partial charge in [-0.3, -0.25) is 4.79 Å². The SMILES string of the molecule is O=C(CCSCc1cnn(-c2ccccc2)c1-n1cccc1)NCc1ccc2c(c1)OCO2. The molecule has 5 rings (SSSR count). The summed E-state index contributed by atoms with van der Waals surface area (Å²) in [4.78, 5) is 12.3. The van der Waals surface area contributed by atoms with Gasteiger partial charge in [0.2, 0.25) is 12.7 Å². The van der Waals surface area contributed by atoms with Crippen LogP contribution >= 0.6 is 11.8 Å². The second kappa shape index (κ2) is 9.87. The van der Waals surface area contributed by atoms with Crippen molar-refractivity contribution in [1.82, 2.24) is 19.7 Å². The van der Waals surface area contributed by atoms with E-state index in [0.29, 0.717) is 13.0 Å². The van der Waals surface area contributed by atoms with E-state index in [1.54, 1.807) is 11.8 Å². The number of hydrogen-bond donors (Lipinski definition) is 1. The first-order chi connectivity index (χ1) is 16.3. The predicted octanol–water partition coefficient (Wildman–Crippen LogP) is 4.33. The quantitative estimate of drug-likeness (QED) is 0.377. The molecule has 0 saturated carbocycles. The van der Waals surface area contributed by atoms with E-state index in [2.05, 4.69) is 15.0 Å². The average molecular weight is 461 g/mol. The van der Waals surface area contributed by atoms with Crippen LogP contribution < -0.4 is 14.8 Å². The number of nitrogens with one attached hydrogen (secondary N) is 1. The third-order valence-corrected chi connectivity index (χ3v) is 6.33. The Morgan fingerprint density at radius 3 is 2.70 bits per heavy atom. The maximum absolute atomic E-state index is 12.3. The van der Waals surface area contributed by atoms with Crippen LogP contribution in [0.3, 0.4) is 0 Å². The van der Waals surface area contributed by atoms with Crippen LogP contribution in [0.5, 0.6) is 11.5 Å². The van der Waals surface area contributed by atoms with Gasteiger partial charge in [0, 0.05) is 42.4 Å². The van der Waals surface area contributed by atoms with E-state index in [9.17, 15) is 4.79 Å². The maximum Gasteiger partial charge on any atom is 0.231 e. The highest BCUT2D eigenvalue weighted by Crippen LogP contribution is 2.32. The molecule has 0 atom stereocenters. The van der Waals surface area contributed by atoms with Crippen molar-refractivity contribution in [1.29, 1.82) is 0 Å². The molecule has 2 aromatic heterocycles. The summed E-state index contributed by atoms with van der Waals surface area (Å²) < 4.78 is 14.7. The molecule has 1 aliphatic heterocycles. The second-order valence-corrected chi connectivity index (χ2v) is 8.70. The van der Waals surface area contributed by atoms with Gasteiger partial charge in [-0.2, -0.15) is 16.9 Å².